The van der Waals surface area contributed by atoms with Gasteiger partial charge in [0, 0.05) is 51.7 Å². The Morgan fingerprint density at radius 1 is 0.887 bits per heavy atom. The zero-order valence-corrected chi connectivity index (χ0v) is 38.2. The van der Waals surface area contributed by atoms with Crippen LogP contribution in [0.5, 0.6) is 0 Å². The van der Waals surface area contributed by atoms with Crippen LogP contribution in [0.2, 0.25) is 0 Å². The summed E-state index contributed by atoms with van der Waals surface area (Å²) in [6, 6.07) is 0. The zero-order valence-electron chi connectivity index (χ0n) is 38.2. The average Bonchev–Trinajstić information content (AvgIpc) is 3.58. The molecule has 6 aliphatic heterocycles. The van der Waals surface area contributed by atoms with E-state index in [4.69, 9.17) is 47.4 Å². The molecule has 0 aromatic heterocycles. The number of fused-ring (bicyclic) bond motifs is 2. The first-order valence-electron chi connectivity index (χ1n) is 22.9. The van der Waals surface area contributed by atoms with Gasteiger partial charge in [-0.1, -0.05) is 70.6 Å². The van der Waals surface area contributed by atoms with E-state index in [2.05, 4.69) is 39.8 Å². The molecule has 0 amide bonds. The summed E-state index contributed by atoms with van der Waals surface area (Å²) < 4.78 is 63.7. The zero-order chi connectivity index (χ0) is 44.7. The molecule has 20 atom stereocenters. The second-order valence-corrected chi connectivity index (χ2v) is 19.0. The number of aliphatic hydroxyl groups excluding tert-OH is 2. The van der Waals surface area contributed by atoms with Crippen LogP contribution < -0.4 is 0 Å². The Morgan fingerprint density at radius 2 is 1.60 bits per heavy atom. The van der Waals surface area contributed by atoms with Gasteiger partial charge in [0.2, 0.25) is 0 Å². The summed E-state index contributed by atoms with van der Waals surface area (Å²) in [6.45, 7) is 16.1. The minimum atomic E-state index is -1.84. The summed E-state index contributed by atoms with van der Waals surface area (Å²) in [5, 5.41) is 34.2. The van der Waals surface area contributed by atoms with Gasteiger partial charge in [0.25, 0.3) is 0 Å². The van der Waals surface area contributed by atoms with Crippen LogP contribution in [0.15, 0.2) is 59.3 Å². The van der Waals surface area contributed by atoms with Crippen LogP contribution in [-0.2, 0) is 52.2 Å². The van der Waals surface area contributed by atoms with Gasteiger partial charge in [-0.2, -0.15) is 0 Å². The van der Waals surface area contributed by atoms with E-state index >= 15 is 0 Å². The summed E-state index contributed by atoms with van der Waals surface area (Å²) in [7, 11) is 3.22. The van der Waals surface area contributed by atoms with E-state index in [1.54, 1.807) is 40.2 Å². The van der Waals surface area contributed by atoms with Crippen LogP contribution in [0.4, 0.5) is 0 Å². The Labute approximate surface area is 367 Å². The molecule has 4 fully saturated rings. The number of aliphatic hydroxyl groups is 3. The molecule has 2 bridgehead atoms. The largest absolute Gasteiger partial charge is 0.462 e. The number of carbonyl (C=O) groups excluding carboxylic acids is 1. The summed E-state index contributed by atoms with van der Waals surface area (Å²) in [5.41, 5.74) is 0.134. The number of allylic oxidation sites excluding steroid dienone is 2. The van der Waals surface area contributed by atoms with Crippen molar-refractivity contribution in [2.24, 2.45) is 23.7 Å². The number of methoxy groups -OCH3 is 2. The Kier molecular flexibility index (Phi) is 15.1. The highest BCUT2D eigenvalue weighted by Crippen LogP contribution is 2.47. The first kappa shape index (κ1) is 47.6. The first-order valence-corrected chi connectivity index (χ1v) is 22.9. The van der Waals surface area contributed by atoms with E-state index in [0.29, 0.717) is 43.3 Å². The molecule has 14 nitrogen and oxygen atoms in total. The fourth-order valence-electron chi connectivity index (χ4n) is 10.6. The molecular formula is C48H72O14. The highest BCUT2D eigenvalue weighted by atomic mass is 16.7. The Hall–Kier alpha value is -2.31. The van der Waals surface area contributed by atoms with E-state index in [1.807, 2.05) is 32.1 Å². The monoisotopic (exact) mass is 872 g/mol. The molecule has 6 heterocycles. The molecule has 1 spiro atoms. The van der Waals surface area contributed by atoms with Crippen LogP contribution >= 0.6 is 0 Å². The van der Waals surface area contributed by atoms with Crippen molar-refractivity contribution in [3.8, 4) is 0 Å². The molecule has 7 rings (SSSR count). The van der Waals surface area contributed by atoms with E-state index in [0.717, 1.165) is 12.0 Å². The average molecular weight is 873 g/mol. The first-order chi connectivity index (χ1) is 29.5. The lowest BCUT2D eigenvalue weighted by Gasteiger charge is -2.48. The maximum atomic E-state index is 14.3. The summed E-state index contributed by atoms with van der Waals surface area (Å²) in [6.07, 6.45) is 8.55. The number of hydrogen-bond acceptors (Lipinski definition) is 14. The summed E-state index contributed by atoms with van der Waals surface area (Å²) >= 11 is 0. The third-order valence-electron chi connectivity index (χ3n) is 14.5. The van der Waals surface area contributed by atoms with E-state index < -0.39 is 90.8 Å². The predicted octanol–water partition coefficient (Wildman–Crippen LogP) is 5.38. The molecule has 0 aromatic rings. The van der Waals surface area contributed by atoms with E-state index in [9.17, 15) is 20.1 Å². The van der Waals surface area contributed by atoms with Crippen molar-refractivity contribution in [2.75, 3.05) is 20.8 Å². The maximum Gasteiger partial charge on any atom is 0.316 e. The number of carbonyl (C=O) groups is 1. The van der Waals surface area contributed by atoms with E-state index in [1.165, 1.54) is 0 Å². The quantitative estimate of drug-likeness (QED) is 0.210. The molecule has 62 heavy (non-hydrogen) atoms. The van der Waals surface area contributed by atoms with Gasteiger partial charge in [-0.25, -0.2) is 0 Å². The van der Waals surface area contributed by atoms with E-state index in [-0.39, 0.29) is 42.7 Å². The fourth-order valence-corrected chi connectivity index (χ4v) is 10.6. The van der Waals surface area contributed by atoms with Gasteiger partial charge in [-0.3, -0.25) is 4.79 Å². The number of esters is 1. The van der Waals surface area contributed by atoms with Gasteiger partial charge in [0.1, 0.15) is 42.0 Å². The molecule has 0 saturated carbocycles. The van der Waals surface area contributed by atoms with Crippen molar-refractivity contribution < 1.29 is 67.5 Å². The van der Waals surface area contributed by atoms with Crippen molar-refractivity contribution in [3.05, 3.63) is 59.3 Å². The smallest absolute Gasteiger partial charge is 0.316 e. The molecule has 7 aliphatic rings. The lowest BCUT2D eigenvalue weighted by atomic mass is 9.71. The van der Waals surface area contributed by atoms with Crippen LogP contribution in [0.3, 0.4) is 0 Å². The standard InChI is InChI=1S/C48H72O14/c1-11-25(2)43-28(5)17-18-47(62-43)23-34-20-33(61-47)16-15-27(4)42(26(3)13-12-14-32-24-55-45-40(49)29(6)19-35(46(51)58-34)48(32,45)52)59-39-22-37(54-10)44(31(8)57-39)60-38-21-36(53-9)41(50)30(7)56-38/h12-15,17-19,25-26,28,30-31,33-45,49-50,52H,11,16,20-24H2,1-10H3/b13-12+,27-15+,32-14+/t25-,26-,28-,30-,31-,33+,34-,35?,36-,37-,38-,39-,40+,41-,42-,43+,44-,45+,47+,48+/m0/s1. The second kappa shape index (κ2) is 19.7. The summed E-state index contributed by atoms with van der Waals surface area (Å²) in [4.78, 5) is 14.3. The Morgan fingerprint density at radius 3 is 2.32 bits per heavy atom. The molecule has 0 radical (unpaired) electrons. The molecule has 3 N–H and O–H groups in total. The fraction of sp³-hybridized carbons (Fsp3) is 0.771. The third-order valence-corrected chi connectivity index (χ3v) is 14.5. The van der Waals surface area contributed by atoms with Crippen molar-refractivity contribution in [3.63, 3.8) is 0 Å². The molecule has 14 heteroatoms. The minimum absolute atomic E-state index is 0.0317. The highest BCUT2D eigenvalue weighted by Gasteiger charge is 2.60. The van der Waals surface area contributed by atoms with Crippen molar-refractivity contribution in [1.82, 2.24) is 0 Å². The second-order valence-electron chi connectivity index (χ2n) is 19.0. The highest BCUT2D eigenvalue weighted by molar-refractivity contribution is 5.78. The van der Waals surface area contributed by atoms with Crippen molar-refractivity contribution in [2.45, 2.75) is 191 Å². The van der Waals surface area contributed by atoms with Crippen LogP contribution in [-0.4, -0.2) is 139 Å². The van der Waals surface area contributed by atoms with Crippen LogP contribution in [0.1, 0.15) is 93.9 Å². The molecule has 0 aromatic carbocycles. The predicted molar refractivity (Wildman–Crippen MR) is 227 cm³/mol. The molecule has 348 valence electrons. The molecule has 1 unspecified atom stereocenters. The lowest BCUT2D eigenvalue weighted by Crippen LogP contribution is -2.58. The van der Waals surface area contributed by atoms with Gasteiger partial charge in [-0.05, 0) is 62.8 Å². The Balaban J connectivity index is 1.18. The number of rotatable bonds is 8. The summed E-state index contributed by atoms with van der Waals surface area (Å²) in [5.74, 6) is -2.56. The van der Waals surface area contributed by atoms with Crippen molar-refractivity contribution >= 4 is 5.97 Å². The van der Waals surface area contributed by atoms with Gasteiger partial charge >= 0.3 is 5.97 Å². The van der Waals surface area contributed by atoms with Gasteiger partial charge < -0.3 is 62.7 Å². The normalized spacial score (nSPS) is 49.1. The van der Waals surface area contributed by atoms with Gasteiger partial charge in [0.15, 0.2) is 18.4 Å². The molecule has 4 saturated heterocycles. The number of hydrogen-bond donors (Lipinski definition) is 3. The maximum absolute atomic E-state index is 14.3. The van der Waals surface area contributed by atoms with Crippen LogP contribution in [0, 0.1) is 23.7 Å². The SMILES string of the molecule is CC[C@H](C)[C@H]1O[C@]2(C=C[C@@H]1C)C[C@@H]1C[C@@H](C/C=C(\C)[C@@H](O[C@H]3C[C@H](OC)[C@@H](O[C@H]4C[C@H](OC)[C@@H](O)[C@H](C)O4)[C@H](C)O3)[C@@H](C)/C=C/C=C3\CO[C@@H]4[C@H](O)C(C)=CC(C(=O)O1)[C@]34O)O2. The van der Waals surface area contributed by atoms with Gasteiger partial charge in [-0.15, -0.1) is 0 Å². The lowest BCUT2D eigenvalue weighted by molar-refractivity contribution is -0.318. The third kappa shape index (κ3) is 9.64. The topological polar surface area (TPSA) is 170 Å². The molecular weight excluding hydrogens is 801 g/mol. The number of ether oxygens (including phenoxy) is 10. The molecule has 1 aliphatic carbocycles. The van der Waals surface area contributed by atoms with Gasteiger partial charge in [0.05, 0.1) is 49.3 Å². The van der Waals surface area contributed by atoms with Crippen LogP contribution in [0.25, 0.3) is 0 Å². The Bertz CT molecular complexity index is 1730. The minimum Gasteiger partial charge on any atom is -0.462 e. The van der Waals surface area contributed by atoms with Crippen molar-refractivity contribution in [1.29, 1.82) is 0 Å².